The lowest BCUT2D eigenvalue weighted by Crippen LogP contribution is -2.32. The first-order valence-electron chi connectivity index (χ1n) is 9.52. The van der Waals surface area contributed by atoms with E-state index in [2.05, 4.69) is 20.6 Å². The summed E-state index contributed by atoms with van der Waals surface area (Å²) < 4.78 is 0. The Bertz CT molecular complexity index is 1070. The van der Waals surface area contributed by atoms with E-state index in [1.54, 1.807) is 30.3 Å². The van der Waals surface area contributed by atoms with Crippen LogP contribution in [-0.2, 0) is 17.6 Å². The second-order valence-corrected chi connectivity index (χ2v) is 7.55. The van der Waals surface area contributed by atoms with Gasteiger partial charge in [0.1, 0.15) is 11.9 Å². The minimum absolute atomic E-state index is 0.138. The van der Waals surface area contributed by atoms with Gasteiger partial charge in [-0.3, -0.25) is 9.78 Å². The van der Waals surface area contributed by atoms with E-state index in [1.165, 1.54) is 12.4 Å². The van der Waals surface area contributed by atoms with Crippen LogP contribution in [0.5, 0.6) is 0 Å². The summed E-state index contributed by atoms with van der Waals surface area (Å²) in [6, 6.07) is 11.5. The minimum Gasteiger partial charge on any atom is -0.480 e. The molecular formula is C22H20Cl2N4O3. The van der Waals surface area contributed by atoms with Crippen LogP contribution in [-0.4, -0.2) is 33.0 Å². The Balaban J connectivity index is 1.68. The molecule has 0 aliphatic carbocycles. The maximum absolute atomic E-state index is 12.5. The Kier molecular flexibility index (Phi) is 7.44. The van der Waals surface area contributed by atoms with Crippen LogP contribution >= 0.6 is 23.2 Å². The first-order chi connectivity index (χ1) is 14.9. The highest BCUT2D eigenvalue weighted by Gasteiger charge is 2.19. The summed E-state index contributed by atoms with van der Waals surface area (Å²) in [4.78, 5) is 32.4. The fourth-order valence-electron chi connectivity index (χ4n) is 2.92. The molecule has 7 nitrogen and oxygen atoms in total. The predicted molar refractivity (Wildman–Crippen MR) is 121 cm³/mol. The van der Waals surface area contributed by atoms with Gasteiger partial charge in [-0.05, 0) is 36.2 Å². The molecule has 0 radical (unpaired) electrons. The van der Waals surface area contributed by atoms with Gasteiger partial charge in [0.15, 0.2) is 0 Å². The zero-order valence-corrected chi connectivity index (χ0v) is 18.1. The summed E-state index contributed by atoms with van der Waals surface area (Å²) in [7, 11) is 0. The molecule has 3 N–H and O–H groups in total. The molecule has 2 aromatic heterocycles. The summed E-state index contributed by atoms with van der Waals surface area (Å²) in [5.74, 6) is -0.929. The number of carbonyl (C=O) groups is 2. The number of carboxylic acids is 1. The Morgan fingerprint density at radius 1 is 1.06 bits per heavy atom. The molecule has 0 saturated carbocycles. The molecule has 0 fully saturated rings. The highest BCUT2D eigenvalue weighted by atomic mass is 35.5. The molecule has 31 heavy (non-hydrogen) atoms. The lowest BCUT2D eigenvalue weighted by Gasteiger charge is -2.16. The number of hydrogen-bond donors (Lipinski definition) is 3. The van der Waals surface area contributed by atoms with Gasteiger partial charge in [0.2, 0.25) is 0 Å². The first-order valence-corrected chi connectivity index (χ1v) is 10.3. The molecule has 0 saturated heterocycles. The molecule has 0 aliphatic heterocycles. The number of anilines is 2. The molecule has 2 heterocycles. The van der Waals surface area contributed by atoms with E-state index in [9.17, 15) is 14.7 Å². The minimum atomic E-state index is -0.983. The van der Waals surface area contributed by atoms with Crippen molar-refractivity contribution in [2.75, 3.05) is 10.6 Å². The molecule has 3 aromatic rings. The van der Waals surface area contributed by atoms with Gasteiger partial charge in [-0.25, -0.2) is 9.78 Å². The lowest BCUT2D eigenvalue weighted by atomic mass is 10.1. The van der Waals surface area contributed by atoms with E-state index < -0.39 is 17.9 Å². The van der Waals surface area contributed by atoms with Crippen molar-refractivity contribution in [1.29, 1.82) is 0 Å². The molecule has 0 aliphatic rings. The maximum atomic E-state index is 12.5. The van der Waals surface area contributed by atoms with Gasteiger partial charge >= 0.3 is 5.97 Å². The third kappa shape index (κ3) is 5.93. The van der Waals surface area contributed by atoms with Crippen molar-refractivity contribution in [3.8, 4) is 0 Å². The van der Waals surface area contributed by atoms with E-state index >= 15 is 0 Å². The van der Waals surface area contributed by atoms with Crippen molar-refractivity contribution in [1.82, 2.24) is 9.97 Å². The summed E-state index contributed by atoms with van der Waals surface area (Å²) in [6.45, 7) is 1.98. The number of benzene rings is 1. The largest absolute Gasteiger partial charge is 0.480 e. The quantitative estimate of drug-likeness (QED) is 0.451. The zero-order valence-electron chi connectivity index (χ0n) is 16.6. The van der Waals surface area contributed by atoms with Crippen molar-refractivity contribution in [3.05, 3.63) is 81.7 Å². The van der Waals surface area contributed by atoms with Gasteiger partial charge in [-0.2, -0.15) is 0 Å². The number of aromatic nitrogens is 2. The zero-order chi connectivity index (χ0) is 22.4. The Labute approximate surface area is 189 Å². The lowest BCUT2D eigenvalue weighted by molar-refractivity contribution is -0.137. The van der Waals surface area contributed by atoms with Crippen LogP contribution in [0.15, 0.2) is 54.9 Å². The van der Waals surface area contributed by atoms with E-state index in [4.69, 9.17) is 23.2 Å². The number of aryl methyl sites for hydroxylation is 1. The van der Waals surface area contributed by atoms with Crippen molar-refractivity contribution in [2.24, 2.45) is 0 Å². The van der Waals surface area contributed by atoms with Gasteiger partial charge < -0.3 is 15.7 Å². The molecule has 9 heteroatoms. The van der Waals surface area contributed by atoms with E-state index in [0.717, 1.165) is 17.7 Å². The Morgan fingerprint density at radius 3 is 2.35 bits per heavy atom. The molecular weight excluding hydrogens is 439 g/mol. The van der Waals surface area contributed by atoms with Crippen molar-refractivity contribution in [2.45, 2.75) is 25.8 Å². The molecule has 1 aromatic carbocycles. The number of hydrogen-bond acceptors (Lipinski definition) is 5. The van der Waals surface area contributed by atoms with Crippen LogP contribution in [0.1, 0.15) is 28.5 Å². The van der Waals surface area contributed by atoms with Crippen molar-refractivity contribution in [3.63, 3.8) is 0 Å². The maximum Gasteiger partial charge on any atom is 0.326 e. The van der Waals surface area contributed by atoms with E-state index in [-0.39, 0.29) is 22.0 Å². The summed E-state index contributed by atoms with van der Waals surface area (Å²) in [5.41, 5.74) is 2.32. The first kappa shape index (κ1) is 22.5. The number of pyridine rings is 2. The second-order valence-electron chi connectivity index (χ2n) is 6.74. The molecule has 1 amide bonds. The van der Waals surface area contributed by atoms with Crippen LogP contribution < -0.4 is 10.6 Å². The van der Waals surface area contributed by atoms with Gasteiger partial charge in [0.25, 0.3) is 5.91 Å². The summed E-state index contributed by atoms with van der Waals surface area (Å²) >= 11 is 12.0. The topological polar surface area (TPSA) is 104 Å². The van der Waals surface area contributed by atoms with Gasteiger partial charge in [-0.1, -0.05) is 48.3 Å². The van der Waals surface area contributed by atoms with E-state index in [0.29, 0.717) is 11.5 Å². The molecule has 1 unspecified atom stereocenters. The Morgan fingerprint density at radius 2 is 1.74 bits per heavy atom. The van der Waals surface area contributed by atoms with Crippen LogP contribution in [0, 0.1) is 0 Å². The van der Waals surface area contributed by atoms with Crippen molar-refractivity contribution >= 4 is 46.6 Å². The molecule has 1 atom stereocenters. The number of carbonyl (C=O) groups excluding carboxylic acids is 1. The van der Waals surface area contributed by atoms with Gasteiger partial charge in [0, 0.05) is 30.2 Å². The Hall–Kier alpha value is -3.16. The van der Waals surface area contributed by atoms with E-state index in [1.807, 2.05) is 19.1 Å². The van der Waals surface area contributed by atoms with Crippen molar-refractivity contribution < 1.29 is 14.7 Å². The highest BCUT2D eigenvalue weighted by Crippen LogP contribution is 2.24. The third-order valence-corrected chi connectivity index (χ3v) is 5.09. The smallest absolute Gasteiger partial charge is 0.326 e. The van der Waals surface area contributed by atoms with Crippen LogP contribution in [0.4, 0.5) is 11.5 Å². The fourth-order valence-corrected chi connectivity index (χ4v) is 3.45. The fraction of sp³-hybridized carbons (Fsp3) is 0.182. The number of nitrogens with zero attached hydrogens (tertiary/aromatic N) is 2. The number of rotatable bonds is 8. The highest BCUT2D eigenvalue weighted by molar-refractivity contribution is 6.40. The molecule has 160 valence electrons. The number of halogens is 2. The van der Waals surface area contributed by atoms with Gasteiger partial charge in [0.05, 0.1) is 15.6 Å². The third-order valence-electron chi connectivity index (χ3n) is 4.52. The predicted octanol–water partition coefficient (Wildman–Crippen LogP) is 4.71. The average molecular weight is 459 g/mol. The molecule has 0 spiro atoms. The second kappa shape index (κ2) is 10.2. The number of carboxylic acid groups (broad SMARTS) is 1. The normalized spacial score (nSPS) is 11.6. The number of nitrogens with one attached hydrogen (secondary N) is 2. The number of aliphatic carboxylic acids is 1. The van der Waals surface area contributed by atoms with Crippen LogP contribution in [0.25, 0.3) is 0 Å². The molecule has 0 bridgehead atoms. The SMILES string of the molecule is CCc1cccc(NC(Cc2ccc(NC(=O)c3c(Cl)cncc3Cl)cc2)C(=O)O)n1. The standard InChI is InChI=1S/C22H20Cl2N4O3/c1-2-14-4-3-5-19(26-14)28-18(22(30)31)10-13-6-8-15(9-7-13)27-21(29)20-16(23)11-25-12-17(20)24/h3-9,11-12,18H,2,10H2,1H3,(H,26,28)(H,27,29)(H,30,31). The summed E-state index contributed by atoms with van der Waals surface area (Å²) in [5, 5.41) is 15.6. The monoisotopic (exact) mass is 458 g/mol. The van der Waals surface area contributed by atoms with Crippen LogP contribution in [0.3, 0.4) is 0 Å². The number of amides is 1. The van der Waals surface area contributed by atoms with Gasteiger partial charge in [-0.15, -0.1) is 0 Å². The average Bonchev–Trinajstić information content (AvgIpc) is 2.74. The summed E-state index contributed by atoms with van der Waals surface area (Å²) in [6.07, 6.45) is 3.69. The molecule has 3 rings (SSSR count). The van der Waals surface area contributed by atoms with Crippen LogP contribution in [0.2, 0.25) is 10.0 Å².